The van der Waals surface area contributed by atoms with Gasteiger partial charge in [0.1, 0.15) is 0 Å². The van der Waals surface area contributed by atoms with Gasteiger partial charge in [-0.25, -0.2) is 0 Å². The molecule has 0 unspecified atom stereocenters. The quantitative estimate of drug-likeness (QED) is 0.138. The Morgan fingerprint density at radius 1 is 0.369 bits per heavy atom. The number of anilines is 3. The summed E-state index contributed by atoms with van der Waals surface area (Å²) in [6, 6.07) is 86.0. The first-order valence-electron chi connectivity index (χ1n) is 22.7. The molecule has 0 amide bonds. The zero-order valence-electron chi connectivity index (χ0n) is 36.8. The van der Waals surface area contributed by atoms with E-state index in [2.05, 4.69) is 255 Å². The zero-order chi connectivity index (χ0) is 43.7. The van der Waals surface area contributed by atoms with Gasteiger partial charge in [-0.05, 0) is 103 Å². The average molecular weight is 866 g/mol. The molecule has 0 N–H and O–H groups in total. The summed E-state index contributed by atoms with van der Waals surface area (Å²) in [6.07, 6.45) is 0. The second-order valence-corrected chi connectivity index (χ2v) is 24.6. The fraction of sp³-hybridized carbons (Fsp3) is 0.0645. The Labute approximate surface area is 386 Å². The Balaban J connectivity index is 1.01. The molecule has 1 aliphatic rings. The van der Waals surface area contributed by atoms with Crippen LogP contribution < -0.4 is 10.1 Å². The van der Waals surface area contributed by atoms with E-state index in [1.165, 1.54) is 91.8 Å². The molecule has 1 heterocycles. The van der Waals surface area contributed by atoms with Crippen molar-refractivity contribution in [2.75, 3.05) is 4.90 Å². The van der Waals surface area contributed by atoms with Gasteiger partial charge in [0.05, 0.1) is 13.5 Å². The van der Waals surface area contributed by atoms with Crippen molar-refractivity contribution < 1.29 is 0 Å². The maximum atomic E-state index is 2.43. The lowest BCUT2D eigenvalue weighted by molar-refractivity contribution is 0.768. The van der Waals surface area contributed by atoms with Crippen LogP contribution in [0.15, 0.2) is 231 Å². The maximum Gasteiger partial charge on any atom is 0.0775 e. The van der Waals surface area contributed by atoms with Crippen LogP contribution >= 0.6 is 11.3 Å². The van der Waals surface area contributed by atoms with Gasteiger partial charge in [-0.2, -0.15) is 0 Å². The number of hydrogen-bond acceptors (Lipinski definition) is 2. The van der Waals surface area contributed by atoms with Crippen LogP contribution in [0.25, 0.3) is 64.3 Å². The van der Waals surface area contributed by atoms with E-state index in [0.717, 1.165) is 17.1 Å². The Morgan fingerprint density at radius 3 is 1.57 bits per heavy atom. The second-order valence-electron chi connectivity index (χ2n) is 18.5. The van der Waals surface area contributed by atoms with E-state index in [-0.39, 0.29) is 0 Å². The average Bonchev–Trinajstić information content (AvgIpc) is 3.89. The molecule has 0 radical (unpaired) electrons. The predicted octanol–water partition coefficient (Wildman–Crippen LogP) is 16.9. The van der Waals surface area contributed by atoms with Crippen LogP contribution in [-0.4, -0.2) is 8.07 Å². The summed E-state index contributed by atoms with van der Waals surface area (Å²) >= 11 is 1.91. The van der Waals surface area contributed by atoms with E-state index >= 15 is 0 Å². The third-order valence-corrected chi connectivity index (χ3v) is 17.1. The first-order valence-corrected chi connectivity index (χ1v) is 27.0. The molecule has 1 nitrogen and oxygen atoms in total. The van der Waals surface area contributed by atoms with E-state index in [4.69, 9.17) is 0 Å². The van der Waals surface area contributed by atoms with E-state index in [1.54, 1.807) is 0 Å². The minimum absolute atomic E-state index is 0.452. The highest BCUT2D eigenvalue weighted by atomic mass is 32.1. The molecule has 3 heteroatoms. The summed E-state index contributed by atoms with van der Waals surface area (Å²) in [5.74, 6) is 0. The molecule has 0 aliphatic heterocycles. The molecule has 1 aliphatic carbocycles. The lowest BCUT2D eigenvalue weighted by Crippen LogP contribution is -2.37. The molecular weight excluding hydrogens is 819 g/mol. The summed E-state index contributed by atoms with van der Waals surface area (Å²) in [5, 5.41) is 6.72. The predicted molar refractivity (Wildman–Crippen MR) is 283 cm³/mol. The van der Waals surface area contributed by atoms with Crippen LogP contribution in [0.2, 0.25) is 19.6 Å². The number of fused-ring (bicyclic) bond motifs is 8. The topological polar surface area (TPSA) is 3.24 Å². The van der Waals surface area contributed by atoms with Crippen molar-refractivity contribution in [2.24, 2.45) is 0 Å². The second kappa shape index (κ2) is 15.4. The first-order chi connectivity index (χ1) is 31.9. The Bertz CT molecular complexity index is 3510. The third-order valence-electron chi connectivity index (χ3n) is 13.7. The van der Waals surface area contributed by atoms with Crippen LogP contribution in [-0.2, 0) is 5.41 Å². The highest BCUT2D eigenvalue weighted by Gasteiger charge is 2.46. The largest absolute Gasteiger partial charge is 0.310 e. The van der Waals surface area contributed by atoms with Gasteiger partial charge in [-0.1, -0.05) is 219 Å². The first kappa shape index (κ1) is 39.3. The summed E-state index contributed by atoms with van der Waals surface area (Å²) in [7, 11) is -1.40. The van der Waals surface area contributed by atoms with Crippen LogP contribution in [0.5, 0.6) is 0 Å². The lowest BCUT2D eigenvalue weighted by Gasteiger charge is -2.34. The molecule has 1 aromatic heterocycles. The lowest BCUT2D eigenvalue weighted by atomic mass is 9.68. The Hall–Kier alpha value is -7.30. The number of hydrogen-bond donors (Lipinski definition) is 0. The van der Waals surface area contributed by atoms with Gasteiger partial charge in [0.15, 0.2) is 0 Å². The Kier molecular flexibility index (Phi) is 9.34. The van der Waals surface area contributed by atoms with Crippen molar-refractivity contribution in [3.63, 3.8) is 0 Å². The third kappa shape index (κ3) is 6.41. The molecular formula is C62H47NSSi. The van der Waals surface area contributed by atoms with Crippen molar-refractivity contribution in [2.45, 2.75) is 25.1 Å². The molecule has 310 valence electrons. The van der Waals surface area contributed by atoms with Gasteiger partial charge < -0.3 is 4.90 Å². The standard InChI is InChI=1S/C62H47NSSi/c1-65(2,3)51-37-29-43(30-38-51)42-25-32-48(33-26-42)63(49-34-27-45(28-35-49)53-22-14-23-55-56-39-31-44-15-10-11-20-52(44)61(56)64-60(53)55)50-36-40-59-57(41-50)54-21-12-13-24-58(54)62(59,46-16-6-4-7-17-46)47-18-8-5-9-19-47/h4-41H,1-3H3. The van der Waals surface area contributed by atoms with Gasteiger partial charge in [0, 0.05) is 37.2 Å². The minimum Gasteiger partial charge on any atom is -0.310 e. The fourth-order valence-corrected chi connectivity index (χ4v) is 13.1. The van der Waals surface area contributed by atoms with Crippen molar-refractivity contribution >= 4 is 72.6 Å². The van der Waals surface area contributed by atoms with Crippen molar-refractivity contribution in [3.8, 4) is 33.4 Å². The monoisotopic (exact) mass is 865 g/mol. The van der Waals surface area contributed by atoms with Gasteiger partial charge in [-0.3, -0.25) is 0 Å². The number of nitrogens with zero attached hydrogens (tertiary/aromatic N) is 1. The van der Waals surface area contributed by atoms with E-state index in [9.17, 15) is 0 Å². The van der Waals surface area contributed by atoms with Crippen molar-refractivity contribution in [1.29, 1.82) is 0 Å². The summed E-state index contributed by atoms with van der Waals surface area (Å²) in [6.45, 7) is 7.22. The molecule has 65 heavy (non-hydrogen) atoms. The molecule has 0 saturated heterocycles. The summed E-state index contributed by atoms with van der Waals surface area (Å²) in [4.78, 5) is 2.43. The van der Waals surface area contributed by atoms with Crippen LogP contribution in [0, 0.1) is 0 Å². The van der Waals surface area contributed by atoms with Gasteiger partial charge in [0.25, 0.3) is 0 Å². The maximum absolute atomic E-state index is 2.43. The normalized spacial score (nSPS) is 13.0. The molecule has 11 aromatic rings. The summed E-state index contributed by atoms with van der Waals surface area (Å²) < 4.78 is 2.68. The van der Waals surface area contributed by atoms with E-state index < -0.39 is 13.5 Å². The van der Waals surface area contributed by atoms with Gasteiger partial charge in [-0.15, -0.1) is 11.3 Å². The fourth-order valence-electron chi connectivity index (χ4n) is 10.5. The van der Waals surface area contributed by atoms with Crippen LogP contribution in [0.4, 0.5) is 17.1 Å². The minimum atomic E-state index is -1.40. The SMILES string of the molecule is C[Si](C)(C)c1ccc(-c2ccc(N(c3ccc(-c4cccc5c4sc4c6ccccc6ccc54)cc3)c3ccc4c(c3)-c3ccccc3C4(c3ccccc3)c3ccccc3)cc2)cc1. The Morgan fingerprint density at radius 2 is 0.892 bits per heavy atom. The number of benzene rings is 10. The van der Waals surface area contributed by atoms with Gasteiger partial charge >= 0.3 is 0 Å². The molecule has 0 spiro atoms. The molecule has 0 fully saturated rings. The van der Waals surface area contributed by atoms with E-state index in [1.807, 2.05) is 11.3 Å². The molecule has 12 rings (SSSR count). The van der Waals surface area contributed by atoms with Crippen molar-refractivity contribution in [3.05, 3.63) is 253 Å². The highest BCUT2D eigenvalue weighted by molar-refractivity contribution is 7.27. The zero-order valence-corrected chi connectivity index (χ0v) is 38.6. The van der Waals surface area contributed by atoms with Crippen LogP contribution in [0.3, 0.4) is 0 Å². The van der Waals surface area contributed by atoms with E-state index in [0.29, 0.717) is 0 Å². The van der Waals surface area contributed by atoms with Crippen LogP contribution in [0.1, 0.15) is 22.3 Å². The number of thiophene rings is 1. The summed E-state index contributed by atoms with van der Waals surface area (Å²) in [5.41, 5.74) is 15.5. The molecule has 10 aromatic carbocycles. The van der Waals surface area contributed by atoms with Crippen molar-refractivity contribution in [1.82, 2.24) is 0 Å². The molecule has 0 saturated carbocycles. The number of rotatable bonds is 8. The smallest absolute Gasteiger partial charge is 0.0775 e. The van der Waals surface area contributed by atoms with Gasteiger partial charge in [0.2, 0.25) is 0 Å². The molecule has 0 bridgehead atoms. The molecule has 0 atom stereocenters. The highest BCUT2D eigenvalue weighted by Crippen LogP contribution is 2.57.